The van der Waals surface area contributed by atoms with Crippen LogP contribution in [-0.2, 0) is 5.41 Å². The Balaban J connectivity index is 2.19. The number of amides is 1. The molecule has 1 aliphatic heterocycles. The van der Waals surface area contributed by atoms with E-state index in [-0.39, 0.29) is 17.4 Å². The molecule has 1 aromatic rings. The zero-order chi connectivity index (χ0) is 15.6. The fourth-order valence-corrected chi connectivity index (χ4v) is 2.68. The number of hydrogen-bond donors (Lipinski definition) is 1. The predicted molar refractivity (Wildman–Crippen MR) is 82.3 cm³/mol. The van der Waals surface area contributed by atoms with Crippen LogP contribution in [0.3, 0.4) is 0 Å². The number of hydrogen-bond acceptors (Lipinski definition) is 4. The molecule has 1 saturated heterocycles. The SMILES string of the molecule is CCC1CN(C)CCCN1C(=O)c1n[nH]c(C(C)(C)C)n1. The summed E-state index contributed by atoms with van der Waals surface area (Å²) < 4.78 is 0. The third kappa shape index (κ3) is 3.61. The molecule has 1 aromatic heterocycles. The Morgan fingerprint density at radius 1 is 1.38 bits per heavy atom. The number of nitrogens with one attached hydrogen (secondary N) is 1. The average Bonchev–Trinajstić information content (AvgIpc) is 2.83. The molecule has 118 valence electrons. The van der Waals surface area contributed by atoms with Gasteiger partial charge in [0.1, 0.15) is 5.82 Å². The Hall–Kier alpha value is -1.43. The molecule has 1 atom stereocenters. The lowest BCUT2D eigenvalue weighted by Crippen LogP contribution is -2.44. The summed E-state index contributed by atoms with van der Waals surface area (Å²) in [6.07, 6.45) is 1.95. The maximum Gasteiger partial charge on any atom is 0.293 e. The van der Waals surface area contributed by atoms with Gasteiger partial charge in [0.25, 0.3) is 5.91 Å². The molecule has 0 radical (unpaired) electrons. The van der Waals surface area contributed by atoms with E-state index in [1.807, 2.05) is 4.90 Å². The normalized spacial score (nSPS) is 21.4. The first kappa shape index (κ1) is 15.9. The van der Waals surface area contributed by atoms with Crippen molar-refractivity contribution in [1.82, 2.24) is 25.0 Å². The second kappa shape index (κ2) is 6.13. The van der Waals surface area contributed by atoms with Crippen LogP contribution in [-0.4, -0.2) is 63.6 Å². The second-order valence-corrected chi connectivity index (χ2v) is 6.93. The first-order valence-electron chi connectivity index (χ1n) is 7.75. The summed E-state index contributed by atoms with van der Waals surface area (Å²) in [6, 6.07) is 0.238. The highest BCUT2D eigenvalue weighted by atomic mass is 16.2. The molecule has 0 aliphatic carbocycles. The fraction of sp³-hybridized carbons (Fsp3) is 0.800. The van der Waals surface area contributed by atoms with Crippen LogP contribution < -0.4 is 0 Å². The van der Waals surface area contributed by atoms with Gasteiger partial charge in [0.15, 0.2) is 0 Å². The number of carbonyl (C=O) groups excluding carboxylic acids is 1. The minimum atomic E-state index is -0.130. The Morgan fingerprint density at radius 2 is 2.10 bits per heavy atom. The van der Waals surface area contributed by atoms with E-state index in [2.05, 4.69) is 54.8 Å². The molecular weight excluding hydrogens is 266 g/mol. The van der Waals surface area contributed by atoms with E-state index in [0.717, 1.165) is 38.3 Å². The highest BCUT2D eigenvalue weighted by Crippen LogP contribution is 2.19. The van der Waals surface area contributed by atoms with E-state index in [4.69, 9.17) is 0 Å². The van der Waals surface area contributed by atoms with Crippen molar-refractivity contribution < 1.29 is 4.79 Å². The largest absolute Gasteiger partial charge is 0.332 e. The molecule has 0 spiro atoms. The monoisotopic (exact) mass is 293 g/mol. The van der Waals surface area contributed by atoms with E-state index >= 15 is 0 Å². The third-order valence-electron chi connectivity index (χ3n) is 4.02. The number of H-pyrrole nitrogens is 1. The van der Waals surface area contributed by atoms with E-state index in [1.165, 1.54) is 0 Å². The molecule has 2 rings (SSSR count). The van der Waals surface area contributed by atoms with Gasteiger partial charge < -0.3 is 9.80 Å². The molecular formula is C15H27N5O. The van der Waals surface area contributed by atoms with Crippen molar-refractivity contribution in [3.05, 3.63) is 11.6 Å². The lowest BCUT2D eigenvalue weighted by molar-refractivity contribution is 0.0663. The van der Waals surface area contributed by atoms with Gasteiger partial charge in [-0.15, -0.1) is 5.10 Å². The minimum absolute atomic E-state index is 0.0519. The third-order valence-corrected chi connectivity index (χ3v) is 4.02. The molecule has 2 heterocycles. The van der Waals surface area contributed by atoms with E-state index in [1.54, 1.807) is 0 Å². The summed E-state index contributed by atoms with van der Waals surface area (Å²) in [4.78, 5) is 21.4. The van der Waals surface area contributed by atoms with Crippen LogP contribution in [0.4, 0.5) is 0 Å². The zero-order valence-electron chi connectivity index (χ0n) is 13.8. The van der Waals surface area contributed by atoms with E-state index in [9.17, 15) is 4.79 Å². The number of nitrogens with zero attached hydrogens (tertiary/aromatic N) is 4. The molecule has 6 nitrogen and oxygen atoms in total. The number of likely N-dealkylation sites (N-methyl/N-ethyl adjacent to an activating group) is 1. The molecule has 1 N–H and O–H groups in total. The summed E-state index contributed by atoms with van der Waals surface area (Å²) in [5.41, 5.74) is -0.130. The molecule has 1 fully saturated rings. The quantitative estimate of drug-likeness (QED) is 0.900. The average molecular weight is 293 g/mol. The minimum Gasteiger partial charge on any atom is -0.332 e. The molecule has 0 saturated carbocycles. The van der Waals surface area contributed by atoms with E-state index in [0.29, 0.717) is 5.82 Å². The van der Waals surface area contributed by atoms with Gasteiger partial charge in [-0.1, -0.05) is 27.7 Å². The van der Waals surface area contributed by atoms with Gasteiger partial charge in [0, 0.05) is 24.5 Å². The van der Waals surface area contributed by atoms with Gasteiger partial charge in [-0.25, -0.2) is 4.98 Å². The smallest absolute Gasteiger partial charge is 0.293 e. The topological polar surface area (TPSA) is 65.1 Å². The first-order valence-corrected chi connectivity index (χ1v) is 7.75. The van der Waals surface area contributed by atoms with Crippen LogP contribution >= 0.6 is 0 Å². The van der Waals surface area contributed by atoms with Crippen LogP contribution in [0.2, 0.25) is 0 Å². The lowest BCUT2D eigenvalue weighted by Gasteiger charge is -2.29. The predicted octanol–water partition coefficient (Wildman–Crippen LogP) is 1.66. The Labute approximate surface area is 126 Å². The van der Waals surface area contributed by atoms with Gasteiger partial charge >= 0.3 is 0 Å². The van der Waals surface area contributed by atoms with Gasteiger partial charge in [-0.05, 0) is 26.4 Å². The van der Waals surface area contributed by atoms with Crippen molar-refractivity contribution in [1.29, 1.82) is 0 Å². The zero-order valence-corrected chi connectivity index (χ0v) is 13.8. The first-order chi connectivity index (χ1) is 9.82. The summed E-state index contributed by atoms with van der Waals surface area (Å²) in [5, 5.41) is 7.04. The van der Waals surface area contributed by atoms with Crippen molar-refractivity contribution >= 4 is 5.91 Å². The Morgan fingerprint density at radius 3 is 2.67 bits per heavy atom. The van der Waals surface area contributed by atoms with Crippen LogP contribution in [0, 0.1) is 0 Å². The van der Waals surface area contributed by atoms with Gasteiger partial charge in [-0.2, -0.15) is 0 Å². The highest BCUT2D eigenvalue weighted by molar-refractivity contribution is 5.90. The maximum absolute atomic E-state index is 12.7. The molecule has 1 aliphatic rings. The van der Waals surface area contributed by atoms with Gasteiger partial charge in [-0.3, -0.25) is 9.89 Å². The van der Waals surface area contributed by atoms with Crippen molar-refractivity contribution in [2.24, 2.45) is 0 Å². The van der Waals surface area contributed by atoms with Crippen molar-refractivity contribution in [3.8, 4) is 0 Å². The summed E-state index contributed by atoms with van der Waals surface area (Å²) >= 11 is 0. The molecule has 21 heavy (non-hydrogen) atoms. The lowest BCUT2D eigenvalue weighted by atomic mass is 9.96. The summed E-state index contributed by atoms with van der Waals surface area (Å²) in [7, 11) is 2.11. The molecule has 1 amide bonds. The number of aromatic amines is 1. The standard InChI is InChI=1S/C15H27N5O/c1-6-11-10-19(5)8-7-9-20(11)13(21)12-16-14(18-17-12)15(2,3)4/h11H,6-10H2,1-5H3,(H,16,17,18). The molecule has 0 aromatic carbocycles. The fourth-order valence-electron chi connectivity index (χ4n) is 2.68. The maximum atomic E-state index is 12.7. The molecule has 1 unspecified atom stereocenters. The van der Waals surface area contributed by atoms with Crippen LogP contribution in [0.1, 0.15) is 57.0 Å². The van der Waals surface area contributed by atoms with Crippen molar-refractivity contribution in [2.45, 2.75) is 52.0 Å². The van der Waals surface area contributed by atoms with Crippen molar-refractivity contribution in [2.75, 3.05) is 26.7 Å². The molecule has 0 bridgehead atoms. The van der Waals surface area contributed by atoms with Crippen molar-refractivity contribution in [3.63, 3.8) is 0 Å². The Kier molecular flexibility index (Phi) is 4.66. The highest BCUT2D eigenvalue weighted by Gasteiger charge is 2.30. The number of carbonyl (C=O) groups is 1. The van der Waals surface area contributed by atoms with Gasteiger partial charge in [0.05, 0.1) is 0 Å². The number of rotatable bonds is 2. The van der Waals surface area contributed by atoms with E-state index < -0.39 is 0 Å². The Bertz CT molecular complexity index is 490. The molecule has 6 heteroatoms. The number of aromatic nitrogens is 3. The van der Waals surface area contributed by atoms with Gasteiger partial charge in [0.2, 0.25) is 5.82 Å². The summed E-state index contributed by atoms with van der Waals surface area (Å²) in [6.45, 7) is 11.0. The second-order valence-electron chi connectivity index (χ2n) is 6.93. The van der Waals surface area contributed by atoms with Crippen LogP contribution in [0.25, 0.3) is 0 Å². The van der Waals surface area contributed by atoms with Crippen LogP contribution in [0.5, 0.6) is 0 Å². The van der Waals surface area contributed by atoms with Crippen LogP contribution in [0.15, 0.2) is 0 Å². The summed E-state index contributed by atoms with van der Waals surface area (Å²) in [5.74, 6) is 0.998.